The molecule has 1 saturated carbocycles. The van der Waals surface area contributed by atoms with E-state index in [1.807, 2.05) is 28.7 Å². The maximum Gasteiger partial charge on any atom is 0.230 e. The Morgan fingerprint density at radius 3 is 2.92 bits per heavy atom. The molecular weight excluding hydrogens is 348 g/mol. The van der Waals surface area contributed by atoms with Crippen LogP contribution in [0, 0.1) is 12.8 Å². The van der Waals surface area contributed by atoms with Crippen molar-refractivity contribution in [3.63, 3.8) is 0 Å². The molecule has 0 bridgehead atoms. The smallest absolute Gasteiger partial charge is 0.230 e. The van der Waals surface area contributed by atoms with Gasteiger partial charge in [-0.05, 0) is 56.4 Å². The number of rotatable bonds is 6. The summed E-state index contributed by atoms with van der Waals surface area (Å²) in [5.41, 5.74) is 2.89. The first-order valence-electron chi connectivity index (χ1n) is 8.81. The number of nitrogens with zero attached hydrogens (tertiary/aromatic N) is 3. The van der Waals surface area contributed by atoms with Gasteiger partial charge in [0.15, 0.2) is 10.8 Å². The van der Waals surface area contributed by atoms with Crippen LogP contribution in [0.5, 0.6) is 5.75 Å². The van der Waals surface area contributed by atoms with Crippen molar-refractivity contribution in [1.29, 1.82) is 0 Å². The second-order valence-electron chi connectivity index (χ2n) is 6.87. The number of thioether (sulfide) groups is 1. The summed E-state index contributed by atoms with van der Waals surface area (Å²) in [7, 11) is 1.65. The zero-order valence-corrected chi connectivity index (χ0v) is 16.0. The molecule has 0 unspecified atom stereocenters. The second-order valence-corrected chi connectivity index (χ2v) is 7.81. The molecule has 1 fully saturated rings. The Kier molecular flexibility index (Phi) is 4.48. The topological polar surface area (TPSA) is 68.5 Å². The van der Waals surface area contributed by atoms with E-state index in [-0.39, 0.29) is 11.9 Å². The van der Waals surface area contributed by atoms with Crippen LogP contribution in [-0.2, 0) is 4.79 Å². The van der Waals surface area contributed by atoms with Gasteiger partial charge in [-0.3, -0.25) is 9.20 Å². The Balaban J connectivity index is 1.62. The lowest BCUT2D eigenvalue weighted by Gasteiger charge is -2.12. The predicted molar refractivity (Wildman–Crippen MR) is 103 cm³/mol. The number of aryl methyl sites for hydroxylation is 1. The number of carbonyl (C=O) groups excluding carboxylic acids is 1. The Morgan fingerprint density at radius 1 is 1.38 bits per heavy atom. The van der Waals surface area contributed by atoms with E-state index in [4.69, 9.17) is 4.74 Å². The summed E-state index contributed by atoms with van der Waals surface area (Å²) in [5.74, 6) is 1.81. The number of nitrogens with one attached hydrogen (secondary N) is 1. The largest absolute Gasteiger partial charge is 0.497 e. The quantitative estimate of drug-likeness (QED) is 0.675. The van der Waals surface area contributed by atoms with Gasteiger partial charge in [-0.1, -0.05) is 11.8 Å². The van der Waals surface area contributed by atoms with Gasteiger partial charge in [0, 0.05) is 17.5 Å². The third-order valence-electron chi connectivity index (χ3n) is 4.92. The second kappa shape index (κ2) is 6.79. The molecule has 0 aliphatic heterocycles. The lowest BCUT2D eigenvalue weighted by atomic mass is 10.1. The van der Waals surface area contributed by atoms with Gasteiger partial charge in [-0.25, -0.2) is 0 Å². The van der Waals surface area contributed by atoms with Crippen LogP contribution in [0.25, 0.3) is 16.6 Å². The molecule has 7 heteroatoms. The molecular formula is C19H22N4O2S. The van der Waals surface area contributed by atoms with Crippen molar-refractivity contribution in [1.82, 2.24) is 19.9 Å². The molecule has 1 aliphatic carbocycles. The fourth-order valence-electron chi connectivity index (χ4n) is 3.26. The highest BCUT2D eigenvalue weighted by molar-refractivity contribution is 7.99. The molecule has 6 nitrogen and oxygen atoms in total. The molecule has 1 aromatic carbocycles. The van der Waals surface area contributed by atoms with E-state index in [9.17, 15) is 4.79 Å². The molecule has 4 rings (SSSR count). The number of amides is 1. The van der Waals surface area contributed by atoms with Gasteiger partial charge in [0.1, 0.15) is 5.75 Å². The summed E-state index contributed by atoms with van der Waals surface area (Å²) >= 11 is 1.41. The average molecular weight is 370 g/mol. The standard InChI is InChI=1S/C19H22N4O2S/c1-11-8-17-21-22-19(26-10-18(24)20-12(2)13-4-5-13)23(17)16-9-14(25-3)6-7-15(11)16/h6-9,12-13H,4-5,10H2,1-3H3,(H,20,24)/t12-/m0/s1. The van der Waals surface area contributed by atoms with Gasteiger partial charge in [-0.2, -0.15) is 0 Å². The number of ether oxygens (including phenoxy) is 1. The number of fused-ring (bicyclic) bond motifs is 3. The van der Waals surface area contributed by atoms with E-state index >= 15 is 0 Å². The minimum absolute atomic E-state index is 0.0418. The number of carbonyl (C=O) groups is 1. The Labute approximate surface area is 156 Å². The molecule has 2 heterocycles. The van der Waals surface area contributed by atoms with E-state index in [0.717, 1.165) is 27.9 Å². The first-order chi connectivity index (χ1) is 12.6. The Bertz CT molecular complexity index is 980. The number of aromatic nitrogens is 3. The zero-order chi connectivity index (χ0) is 18.3. The maximum absolute atomic E-state index is 12.2. The molecule has 136 valence electrons. The van der Waals surface area contributed by atoms with E-state index in [0.29, 0.717) is 16.8 Å². The molecule has 0 saturated heterocycles. The van der Waals surface area contributed by atoms with Crippen LogP contribution in [0.4, 0.5) is 0 Å². The zero-order valence-electron chi connectivity index (χ0n) is 15.2. The van der Waals surface area contributed by atoms with E-state index < -0.39 is 0 Å². The third-order valence-corrected chi connectivity index (χ3v) is 5.85. The highest BCUT2D eigenvalue weighted by Gasteiger charge is 2.28. The fourth-order valence-corrected chi connectivity index (χ4v) is 4.03. The number of hydrogen-bond donors (Lipinski definition) is 1. The minimum atomic E-state index is 0.0418. The summed E-state index contributed by atoms with van der Waals surface area (Å²) in [5, 5.41) is 13.5. The van der Waals surface area contributed by atoms with Gasteiger partial charge < -0.3 is 10.1 Å². The van der Waals surface area contributed by atoms with E-state index in [1.165, 1.54) is 24.6 Å². The normalized spacial score (nSPS) is 15.3. The minimum Gasteiger partial charge on any atom is -0.497 e. The Morgan fingerprint density at radius 2 is 2.19 bits per heavy atom. The van der Waals surface area contributed by atoms with Crippen molar-refractivity contribution < 1.29 is 9.53 Å². The SMILES string of the molecule is COc1ccc2c(C)cc3nnc(SCC(=O)N[C@@H](C)C4CC4)n3c2c1. The molecule has 1 atom stereocenters. The molecule has 1 aliphatic rings. The van der Waals surface area contributed by atoms with Gasteiger partial charge in [-0.15, -0.1) is 10.2 Å². The molecule has 1 N–H and O–H groups in total. The molecule has 3 aromatic rings. The van der Waals surface area contributed by atoms with E-state index in [1.54, 1.807) is 7.11 Å². The predicted octanol–water partition coefficient (Wildman–Crippen LogP) is 3.21. The van der Waals surface area contributed by atoms with Gasteiger partial charge in [0.05, 0.1) is 18.4 Å². The lowest BCUT2D eigenvalue weighted by molar-refractivity contribution is -0.119. The molecule has 1 amide bonds. The summed E-state index contributed by atoms with van der Waals surface area (Å²) in [6, 6.07) is 8.25. The van der Waals surface area contributed by atoms with Crippen LogP contribution >= 0.6 is 11.8 Å². The summed E-state index contributed by atoms with van der Waals surface area (Å²) in [4.78, 5) is 12.2. The van der Waals surface area contributed by atoms with Crippen LogP contribution in [0.15, 0.2) is 29.4 Å². The first-order valence-corrected chi connectivity index (χ1v) is 9.80. The Hall–Kier alpha value is -2.28. The van der Waals surface area contributed by atoms with Crippen molar-refractivity contribution in [2.75, 3.05) is 12.9 Å². The van der Waals surface area contributed by atoms with Crippen molar-refractivity contribution in [3.05, 3.63) is 29.8 Å². The van der Waals surface area contributed by atoms with Crippen molar-refractivity contribution >= 4 is 34.2 Å². The third kappa shape index (κ3) is 3.23. The van der Waals surface area contributed by atoms with Gasteiger partial charge in [0.2, 0.25) is 5.91 Å². The van der Waals surface area contributed by atoms with Gasteiger partial charge >= 0.3 is 0 Å². The van der Waals surface area contributed by atoms with Crippen LogP contribution in [0.2, 0.25) is 0 Å². The number of hydrogen-bond acceptors (Lipinski definition) is 5. The van der Waals surface area contributed by atoms with Crippen LogP contribution in [-0.4, -0.2) is 39.4 Å². The lowest BCUT2D eigenvalue weighted by Crippen LogP contribution is -2.35. The molecule has 0 radical (unpaired) electrons. The highest BCUT2D eigenvalue weighted by Crippen LogP contribution is 2.32. The fraction of sp³-hybridized carbons (Fsp3) is 0.421. The number of benzene rings is 1. The first kappa shape index (κ1) is 17.1. The van der Waals surface area contributed by atoms with Crippen LogP contribution in [0.3, 0.4) is 0 Å². The maximum atomic E-state index is 12.2. The summed E-state index contributed by atoms with van der Waals surface area (Å²) in [6.45, 7) is 4.14. The number of pyridine rings is 1. The van der Waals surface area contributed by atoms with Crippen molar-refractivity contribution in [2.24, 2.45) is 5.92 Å². The molecule has 0 spiro atoms. The highest BCUT2D eigenvalue weighted by atomic mass is 32.2. The molecule has 2 aromatic heterocycles. The van der Waals surface area contributed by atoms with Crippen LogP contribution < -0.4 is 10.1 Å². The van der Waals surface area contributed by atoms with Crippen molar-refractivity contribution in [2.45, 2.75) is 37.9 Å². The monoisotopic (exact) mass is 370 g/mol. The van der Waals surface area contributed by atoms with E-state index in [2.05, 4.69) is 29.4 Å². The molecule has 26 heavy (non-hydrogen) atoms. The summed E-state index contributed by atoms with van der Waals surface area (Å²) in [6.07, 6.45) is 2.44. The van der Waals surface area contributed by atoms with Crippen LogP contribution in [0.1, 0.15) is 25.3 Å². The summed E-state index contributed by atoms with van der Waals surface area (Å²) < 4.78 is 7.37. The average Bonchev–Trinajstić information content (AvgIpc) is 3.41. The van der Waals surface area contributed by atoms with Gasteiger partial charge in [0.25, 0.3) is 0 Å². The number of methoxy groups -OCH3 is 1. The van der Waals surface area contributed by atoms with Crippen molar-refractivity contribution in [3.8, 4) is 5.75 Å².